The lowest BCUT2D eigenvalue weighted by Gasteiger charge is -2.39. The van der Waals surface area contributed by atoms with Crippen LogP contribution in [0.3, 0.4) is 0 Å². The number of ether oxygens (including phenoxy) is 1. The maximum absolute atomic E-state index is 5.46. The Kier molecular flexibility index (Phi) is 5.37. The van der Waals surface area contributed by atoms with Gasteiger partial charge in [0.15, 0.2) is 0 Å². The fourth-order valence-corrected chi connectivity index (χ4v) is 3.01. The summed E-state index contributed by atoms with van der Waals surface area (Å²) in [6.45, 7) is 4.11. The summed E-state index contributed by atoms with van der Waals surface area (Å²) < 4.78 is 5.46. The molecule has 0 saturated carbocycles. The quantitative estimate of drug-likeness (QED) is 0.882. The Labute approximate surface area is 116 Å². The summed E-state index contributed by atoms with van der Waals surface area (Å²) in [5.41, 5.74) is 1.36. The van der Waals surface area contributed by atoms with Crippen molar-refractivity contribution in [2.75, 3.05) is 27.3 Å². The van der Waals surface area contributed by atoms with Gasteiger partial charge in [-0.2, -0.15) is 0 Å². The minimum Gasteiger partial charge on any atom is -0.381 e. The first-order valence-corrected chi connectivity index (χ1v) is 7.26. The van der Waals surface area contributed by atoms with Gasteiger partial charge in [-0.05, 0) is 39.4 Å². The molecule has 2 atom stereocenters. The molecule has 1 N–H and O–H groups in total. The maximum Gasteiger partial charge on any atom is 0.0480 e. The topological polar surface area (TPSA) is 24.5 Å². The van der Waals surface area contributed by atoms with E-state index < -0.39 is 0 Å². The van der Waals surface area contributed by atoms with Crippen LogP contribution in [0.25, 0.3) is 0 Å². The smallest absolute Gasteiger partial charge is 0.0480 e. The molecule has 1 fully saturated rings. The maximum atomic E-state index is 5.46. The summed E-state index contributed by atoms with van der Waals surface area (Å²) in [5, 5.41) is 3.47. The van der Waals surface area contributed by atoms with E-state index in [1.807, 2.05) is 7.05 Å². The minimum absolute atomic E-state index is 0.369. The summed E-state index contributed by atoms with van der Waals surface area (Å²) in [5.74, 6) is 0. The summed E-state index contributed by atoms with van der Waals surface area (Å²) >= 11 is 0. The Morgan fingerprint density at radius 3 is 2.42 bits per heavy atom. The van der Waals surface area contributed by atoms with Crippen LogP contribution in [-0.2, 0) is 4.74 Å². The van der Waals surface area contributed by atoms with Crippen molar-refractivity contribution in [3.05, 3.63) is 35.9 Å². The van der Waals surface area contributed by atoms with Crippen LogP contribution < -0.4 is 5.32 Å². The molecule has 0 bridgehead atoms. The van der Waals surface area contributed by atoms with Crippen LogP contribution in [0.2, 0.25) is 0 Å². The number of nitrogens with zero attached hydrogens (tertiary/aromatic N) is 1. The van der Waals surface area contributed by atoms with Gasteiger partial charge >= 0.3 is 0 Å². The predicted octanol–water partition coefficient (Wildman–Crippen LogP) is 2.45. The van der Waals surface area contributed by atoms with Crippen LogP contribution in [-0.4, -0.2) is 44.3 Å². The molecule has 2 unspecified atom stereocenters. The highest BCUT2D eigenvalue weighted by atomic mass is 16.5. The van der Waals surface area contributed by atoms with Crippen LogP contribution in [0.4, 0.5) is 0 Å². The van der Waals surface area contributed by atoms with Crippen LogP contribution in [0, 0.1) is 0 Å². The highest BCUT2D eigenvalue weighted by Crippen LogP contribution is 2.24. The molecular formula is C16H26N2O. The molecule has 1 aromatic rings. The molecule has 1 aliphatic rings. The number of likely N-dealkylation sites (N-methyl/N-ethyl adjacent to an activating group) is 2. The first kappa shape index (κ1) is 14.5. The molecular weight excluding hydrogens is 236 g/mol. The molecule has 3 heteroatoms. The van der Waals surface area contributed by atoms with E-state index in [1.54, 1.807) is 0 Å². The van der Waals surface area contributed by atoms with Gasteiger partial charge in [-0.25, -0.2) is 0 Å². The minimum atomic E-state index is 0.369. The zero-order chi connectivity index (χ0) is 13.7. The van der Waals surface area contributed by atoms with Crippen molar-refractivity contribution < 1.29 is 4.74 Å². The van der Waals surface area contributed by atoms with Crippen molar-refractivity contribution in [3.63, 3.8) is 0 Å². The third-order valence-corrected chi connectivity index (χ3v) is 4.36. The van der Waals surface area contributed by atoms with Gasteiger partial charge in [-0.15, -0.1) is 0 Å². The second-order valence-corrected chi connectivity index (χ2v) is 5.43. The first-order valence-electron chi connectivity index (χ1n) is 7.26. The summed E-state index contributed by atoms with van der Waals surface area (Å²) in [4.78, 5) is 2.51. The second-order valence-electron chi connectivity index (χ2n) is 5.43. The van der Waals surface area contributed by atoms with Crippen molar-refractivity contribution in [2.24, 2.45) is 0 Å². The van der Waals surface area contributed by atoms with Crippen LogP contribution >= 0.6 is 0 Å². The van der Waals surface area contributed by atoms with E-state index in [0.717, 1.165) is 26.1 Å². The fourth-order valence-electron chi connectivity index (χ4n) is 3.01. The Bertz CT molecular complexity index is 362. The van der Waals surface area contributed by atoms with Crippen LogP contribution in [0.5, 0.6) is 0 Å². The van der Waals surface area contributed by atoms with E-state index in [9.17, 15) is 0 Å². The predicted molar refractivity (Wildman–Crippen MR) is 79.3 cm³/mol. The number of hydrogen-bond acceptors (Lipinski definition) is 3. The SMILES string of the molecule is CNC(c1ccccc1)C(C)N(C)C1CCOCC1. The molecule has 1 saturated heterocycles. The van der Waals surface area contributed by atoms with Gasteiger partial charge in [0.25, 0.3) is 0 Å². The number of benzene rings is 1. The average Bonchev–Trinajstić information content (AvgIpc) is 2.49. The van der Waals surface area contributed by atoms with Crippen molar-refractivity contribution >= 4 is 0 Å². The Morgan fingerprint density at radius 2 is 1.84 bits per heavy atom. The molecule has 1 aromatic carbocycles. The molecule has 0 aromatic heterocycles. The third kappa shape index (κ3) is 3.56. The summed E-state index contributed by atoms with van der Waals surface area (Å²) in [6, 6.07) is 12.2. The van der Waals surface area contributed by atoms with Gasteiger partial charge in [0.2, 0.25) is 0 Å². The second kappa shape index (κ2) is 7.04. The molecule has 19 heavy (non-hydrogen) atoms. The molecule has 2 rings (SSSR count). The zero-order valence-corrected chi connectivity index (χ0v) is 12.3. The lowest BCUT2D eigenvalue weighted by molar-refractivity contribution is 0.0253. The van der Waals surface area contributed by atoms with Gasteiger partial charge in [0.1, 0.15) is 0 Å². The van der Waals surface area contributed by atoms with Crippen molar-refractivity contribution in [1.29, 1.82) is 0 Å². The lowest BCUT2D eigenvalue weighted by Crippen LogP contribution is -2.47. The first-order chi connectivity index (χ1) is 9.24. The lowest BCUT2D eigenvalue weighted by atomic mass is 9.97. The fraction of sp³-hybridized carbons (Fsp3) is 0.625. The number of hydrogen-bond donors (Lipinski definition) is 1. The van der Waals surface area contributed by atoms with Crippen LogP contribution in [0.15, 0.2) is 30.3 Å². The molecule has 106 valence electrons. The van der Waals surface area contributed by atoms with E-state index in [-0.39, 0.29) is 0 Å². The van der Waals surface area contributed by atoms with E-state index in [1.165, 1.54) is 5.56 Å². The Balaban J connectivity index is 2.05. The highest BCUT2D eigenvalue weighted by Gasteiger charge is 2.27. The Hall–Kier alpha value is -0.900. The van der Waals surface area contributed by atoms with Gasteiger partial charge in [0, 0.05) is 31.3 Å². The average molecular weight is 262 g/mol. The molecule has 0 radical (unpaired) electrons. The Morgan fingerprint density at radius 1 is 1.21 bits per heavy atom. The normalized spacial score (nSPS) is 20.4. The molecule has 1 aliphatic heterocycles. The number of rotatable bonds is 5. The van der Waals surface area contributed by atoms with E-state index in [2.05, 4.69) is 54.5 Å². The highest BCUT2D eigenvalue weighted by molar-refractivity contribution is 5.20. The standard InChI is InChI=1S/C16H26N2O/c1-13(18(3)15-9-11-19-12-10-15)16(17-2)14-7-5-4-6-8-14/h4-8,13,15-17H,9-12H2,1-3H3. The van der Waals surface area contributed by atoms with E-state index in [4.69, 9.17) is 4.74 Å². The molecule has 0 amide bonds. The summed E-state index contributed by atoms with van der Waals surface area (Å²) in [7, 11) is 4.29. The van der Waals surface area contributed by atoms with Gasteiger partial charge in [-0.3, -0.25) is 4.90 Å². The third-order valence-electron chi connectivity index (χ3n) is 4.36. The number of nitrogens with one attached hydrogen (secondary N) is 1. The van der Waals surface area contributed by atoms with Gasteiger partial charge in [0.05, 0.1) is 0 Å². The van der Waals surface area contributed by atoms with Gasteiger partial charge in [-0.1, -0.05) is 30.3 Å². The summed E-state index contributed by atoms with van der Waals surface area (Å²) in [6.07, 6.45) is 2.29. The van der Waals surface area contributed by atoms with Crippen molar-refractivity contribution in [3.8, 4) is 0 Å². The van der Waals surface area contributed by atoms with Crippen LogP contribution in [0.1, 0.15) is 31.4 Å². The van der Waals surface area contributed by atoms with Crippen molar-refractivity contribution in [1.82, 2.24) is 10.2 Å². The largest absolute Gasteiger partial charge is 0.381 e. The molecule has 0 spiro atoms. The molecule has 1 heterocycles. The van der Waals surface area contributed by atoms with E-state index in [0.29, 0.717) is 18.1 Å². The van der Waals surface area contributed by atoms with Crippen molar-refractivity contribution in [2.45, 2.75) is 37.9 Å². The van der Waals surface area contributed by atoms with Gasteiger partial charge < -0.3 is 10.1 Å². The monoisotopic (exact) mass is 262 g/mol. The molecule has 3 nitrogen and oxygen atoms in total. The molecule has 0 aliphatic carbocycles. The van der Waals surface area contributed by atoms with E-state index >= 15 is 0 Å². The zero-order valence-electron chi connectivity index (χ0n) is 12.3.